The number of nitrogens with one attached hydrogen (secondary N) is 3. The van der Waals surface area contributed by atoms with E-state index in [1.54, 1.807) is 20.0 Å². The van der Waals surface area contributed by atoms with Crippen molar-refractivity contribution in [2.24, 2.45) is 5.92 Å². The monoisotopic (exact) mass is 494 g/mol. The van der Waals surface area contributed by atoms with Crippen LogP contribution in [-0.2, 0) is 10.0 Å². The van der Waals surface area contributed by atoms with Crippen molar-refractivity contribution in [2.75, 3.05) is 11.1 Å². The van der Waals surface area contributed by atoms with E-state index < -0.39 is 27.7 Å². The Morgan fingerprint density at radius 2 is 1.79 bits per heavy atom. The van der Waals surface area contributed by atoms with Crippen LogP contribution in [0.25, 0.3) is 22.4 Å². The topological polar surface area (TPSA) is 113 Å². The fourth-order valence-electron chi connectivity index (χ4n) is 3.77. The SMILES string of the molecule is CC(C)CCCCC(CS(=O)(=O)NC(C)C)Nc1nc(-c2c[nH]c3ncc(F)cc23)ncc1F. The molecule has 0 radical (unpaired) electrons. The molecule has 0 saturated heterocycles. The first kappa shape index (κ1) is 26.0. The Morgan fingerprint density at radius 1 is 1.06 bits per heavy atom. The lowest BCUT2D eigenvalue weighted by Crippen LogP contribution is -2.39. The fourth-order valence-corrected chi connectivity index (χ4v) is 5.36. The number of pyridine rings is 1. The molecule has 3 rings (SSSR count). The summed E-state index contributed by atoms with van der Waals surface area (Å²) in [5.41, 5.74) is 0.917. The summed E-state index contributed by atoms with van der Waals surface area (Å²) >= 11 is 0. The summed E-state index contributed by atoms with van der Waals surface area (Å²) in [6.45, 7) is 7.77. The average Bonchev–Trinajstić information content (AvgIpc) is 3.14. The first-order valence-electron chi connectivity index (χ1n) is 11.5. The van der Waals surface area contributed by atoms with Gasteiger partial charge in [-0.3, -0.25) is 0 Å². The molecule has 3 N–H and O–H groups in total. The number of hydrogen-bond donors (Lipinski definition) is 3. The Kier molecular flexibility index (Phi) is 8.53. The molecule has 3 heterocycles. The number of anilines is 1. The van der Waals surface area contributed by atoms with Crippen LogP contribution in [0.15, 0.2) is 24.7 Å². The largest absolute Gasteiger partial charge is 0.364 e. The lowest BCUT2D eigenvalue weighted by atomic mass is 10.0. The number of sulfonamides is 1. The first-order chi connectivity index (χ1) is 16.0. The van der Waals surface area contributed by atoms with Crippen LogP contribution in [0, 0.1) is 17.6 Å². The Bertz CT molecular complexity index is 1210. The summed E-state index contributed by atoms with van der Waals surface area (Å²) in [7, 11) is -3.59. The minimum absolute atomic E-state index is 0.0997. The molecule has 1 unspecified atom stereocenters. The number of fused-ring (bicyclic) bond motifs is 1. The first-order valence-corrected chi connectivity index (χ1v) is 13.1. The molecule has 0 aliphatic rings. The van der Waals surface area contributed by atoms with Crippen molar-refractivity contribution in [3.05, 3.63) is 36.3 Å². The predicted octanol–water partition coefficient (Wildman–Crippen LogP) is 4.62. The van der Waals surface area contributed by atoms with E-state index in [2.05, 4.69) is 43.8 Å². The quantitative estimate of drug-likeness (QED) is 0.317. The second kappa shape index (κ2) is 11.2. The number of aromatic amines is 1. The van der Waals surface area contributed by atoms with E-state index in [-0.39, 0.29) is 23.4 Å². The van der Waals surface area contributed by atoms with E-state index in [0.717, 1.165) is 31.7 Å². The van der Waals surface area contributed by atoms with E-state index in [4.69, 9.17) is 0 Å². The number of nitrogens with zero attached hydrogens (tertiary/aromatic N) is 3. The molecule has 3 aromatic heterocycles. The minimum Gasteiger partial charge on any atom is -0.364 e. The van der Waals surface area contributed by atoms with Gasteiger partial charge in [0.2, 0.25) is 10.0 Å². The normalized spacial score (nSPS) is 13.2. The summed E-state index contributed by atoms with van der Waals surface area (Å²) in [6.07, 6.45) is 6.99. The van der Waals surface area contributed by atoms with Gasteiger partial charge in [-0.15, -0.1) is 0 Å². The molecular formula is C23H32F2N6O2S. The molecule has 0 amide bonds. The average molecular weight is 495 g/mol. The van der Waals surface area contributed by atoms with Crippen LogP contribution in [0.3, 0.4) is 0 Å². The van der Waals surface area contributed by atoms with Crippen LogP contribution in [0.2, 0.25) is 0 Å². The van der Waals surface area contributed by atoms with Crippen molar-refractivity contribution >= 4 is 26.9 Å². The van der Waals surface area contributed by atoms with Crippen LogP contribution in [0.5, 0.6) is 0 Å². The summed E-state index contributed by atoms with van der Waals surface area (Å²) in [5, 5.41) is 3.45. The molecule has 0 bridgehead atoms. The Hall–Kier alpha value is -2.66. The summed E-state index contributed by atoms with van der Waals surface area (Å²) in [4.78, 5) is 15.3. The number of rotatable bonds is 12. The fraction of sp³-hybridized carbons (Fsp3) is 0.522. The van der Waals surface area contributed by atoms with Gasteiger partial charge in [-0.05, 0) is 32.3 Å². The molecule has 0 spiro atoms. The highest BCUT2D eigenvalue weighted by atomic mass is 32.2. The highest BCUT2D eigenvalue weighted by Crippen LogP contribution is 2.27. The summed E-state index contributed by atoms with van der Waals surface area (Å²) in [6, 6.07) is 0.503. The molecule has 186 valence electrons. The van der Waals surface area contributed by atoms with Crippen LogP contribution in [0.4, 0.5) is 14.6 Å². The van der Waals surface area contributed by atoms with E-state index in [0.29, 0.717) is 28.9 Å². The molecule has 0 aliphatic heterocycles. The second-order valence-electron chi connectivity index (χ2n) is 9.22. The molecule has 0 saturated carbocycles. The van der Waals surface area contributed by atoms with Gasteiger partial charge >= 0.3 is 0 Å². The van der Waals surface area contributed by atoms with E-state index in [9.17, 15) is 17.2 Å². The number of unbranched alkanes of at least 4 members (excludes halogenated alkanes) is 1. The van der Waals surface area contributed by atoms with Crippen molar-refractivity contribution in [3.63, 3.8) is 0 Å². The van der Waals surface area contributed by atoms with Crippen molar-refractivity contribution in [1.29, 1.82) is 0 Å². The van der Waals surface area contributed by atoms with Crippen LogP contribution in [0.1, 0.15) is 53.4 Å². The molecule has 1 atom stereocenters. The maximum absolute atomic E-state index is 14.7. The zero-order valence-electron chi connectivity index (χ0n) is 19.9. The summed E-state index contributed by atoms with van der Waals surface area (Å²) < 4.78 is 56.1. The highest BCUT2D eigenvalue weighted by Gasteiger charge is 2.22. The van der Waals surface area contributed by atoms with Crippen LogP contribution in [-0.4, -0.2) is 46.2 Å². The third kappa shape index (κ3) is 7.17. The van der Waals surface area contributed by atoms with E-state index in [1.165, 1.54) is 6.07 Å². The molecule has 3 aromatic rings. The number of hydrogen-bond acceptors (Lipinski definition) is 6. The molecule has 11 heteroatoms. The molecule has 8 nitrogen and oxygen atoms in total. The summed E-state index contributed by atoms with van der Waals surface area (Å²) in [5.74, 6) is -0.808. The molecule has 0 aromatic carbocycles. The third-order valence-corrected chi connectivity index (χ3v) is 6.92. The van der Waals surface area contributed by atoms with Gasteiger partial charge in [0.05, 0.1) is 18.1 Å². The van der Waals surface area contributed by atoms with Crippen molar-refractivity contribution < 1.29 is 17.2 Å². The number of halogens is 2. The van der Waals surface area contributed by atoms with Crippen molar-refractivity contribution in [3.8, 4) is 11.4 Å². The number of aromatic nitrogens is 4. The molecule has 0 fully saturated rings. The van der Waals surface area contributed by atoms with Gasteiger partial charge in [-0.1, -0.05) is 33.1 Å². The van der Waals surface area contributed by atoms with Gasteiger partial charge in [0.25, 0.3) is 0 Å². The lowest BCUT2D eigenvalue weighted by molar-refractivity contribution is 0.509. The third-order valence-electron chi connectivity index (χ3n) is 5.24. The maximum atomic E-state index is 14.7. The highest BCUT2D eigenvalue weighted by molar-refractivity contribution is 7.89. The van der Waals surface area contributed by atoms with Gasteiger partial charge in [0.15, 0.2) is 17.5 Å². The van der Waals surface area contributed by atoms with Crippen molar-refractivity contribution in [1.82, 2.24) is 24.7 Å². The lowest BCUT2D eigenvalue weighted by Gasteiger charge is -2.21. The predicted molar refractivity (Wildman–Crippen MR) is 130 cm³/mol. The zero-order valence-corrected chi connectivity index (χ0v) is 20.7. The van der Waals surface area contributed by atoms with Gasteiger partial charge in [0, 0.05) is 29.2 Å². The minimum atomic E-state index is -3.59. The Morgan fingerprint density at radius 3 is 2.50 bits per heavy atom. The molecule has 34 heavy (non-hydrogen) atoms. The Balaban J connectivity index is 1.86. The maximum Gasteiger partial charge on any atom is 0.213 e. The number of H-pyrrole nitrogens is 1. The van der Waals surface area contributed by atoms with E-state index in [1.807, 2.05) is 0 Å². The Labute approximate surface area is 199 Å². The van der Waals surface area contributed by atoms with Gasteiger partial charge < -0.3 is 10.3 Å². The van der Waals surface area contributed by atoms with Crippen LogP contribution < -0.4 is 10.0 Å². The smallest absolute Gasteiger partial charge is 0.213 e. The second-order valence-corrected chi connectivity index (χ2v) is 11.0. The van der Waals surface area contributed by atoms with Crippen molar-refractivity contribution in [2.45, 2.75) is 65.5 Å². The van der Waals surface area contributed by atoms with Gasteiger partial charge in [-0.2, -0.15) is 0 Å². The zero-order chi connectivity index (χ0) is 24.9. The standard InChI is InChI=1S/C23H32F2N6O2S/c1-14(2)7-5-6-8-17(13-34(32,33)31-15(3)4)29-23-20(25)12-28-22(30-23)19-11-27-21-18(19)9-16(24)10-26-21/h9-12,14-15,17,31H,5-8,13H2,1-4H3,(H,26,27)(H,28,29,30). The molecule has 0 aliphatic carbocycles. The van der Waals surface area contributed by atoms with Gasteiger partial charge in [-0.25, -0.2) is 36.9 Å². The van der Waals surface area contributed by atoms with Crippen LogP contribution >= 0.6 is 0 Å². The van der Waals surface area contributed by atoms with Gasteiger partial charge in [0.1, 0.15) is 11.5 Å². The van der Waals surface area contributed by atoms with E-state index >= 15 is 0 Å². The molecular weight excluding hydrogens is 462 g/mol.